The van der Waals surface area contributed by atoms with Gasteiger partial charge in [0, 0.05) is 0 Å². The van der Waals surface area contributed by atoms with Crippen LogP contribution in [0.3, 0.4) is 0 Å². The summed E-state index contributed by atoms with van der Waals surface area (Å²) in [6.45, 7) is 28.1. The highest BCUT2D eigenvalue weighted by molar-refractivity contribution is 14.1. The van der Waals surface area contributed by atoms with Crippen molar-refractivity contribution >= 4 is 45.2 Å². The van der Waals surface area contributed by atoms with Crippen LogP contribution in [0.25, 0.3) is 0 Å². The number of hydrogen-bond donors (Lipinski definition) is 0. The standard InChI is InChI=1S/C22H45IO4Si2/c1-20(2,3)19(24)25-16-18(27-29(12,13)22(7,8)9)17(14-15-23)26-28(10,11)21(4,5)6/h14-15,17-18H,16H2,1-13H3/b15-14+. The molecule has 172 valence electrons. The van der Waals surface area contributed by atoms with Gasteiger partial charge in [0.05, 0.1) is 11.5 Å². The molecule has 0 aliphatic rings. The van der Waals surface area contributed by atoms with Crippen molar-refractivity contribution in [1.29, 1.82) is 0 Å². The van der Waals surface area contributed by atoms with E-state index in [1.54, 1.807) is 0 Å². The van der Waals surface area contributed by atoms with Crippen LogP contribution in [0.2, 0.25) is 36.3 Å². The van der Waals surface area contributed by atoms with Gasteiger partial charge in [-0.3, -0.25) is 4.79 Å². The molecule has 0 N–H and O–H groups in total. The third-order valence-electron chi connectivity index (χ3n) is 6.11. The highest BCUT2D eigenvalue weighted by Gasteiger charge is 2.44. The van der Waals surface area contributed by atoms with Gasteiger partial charge < -0.3 is 13.6 Å². The molecule has 0 radical (unpaired) electrons. The molecule has 4 nitrogen and oxygen atoms in total. The van der Waals surface area contributed by atoms with Crippen LogP contribution in [0.1, 0.15) is 62.3 Å². The molecule has 0 aromatic rings. The number of esters is 1. The topological polar surface area (TPSA) is 44.8 Å². The van der Waals surface area contributed by atoms with Gasteiger partial charge in [0.1, 0.15) is 12.7 Å². The van der Waals surface area contributed by atoms with Gasteiger partial charge in [0.25, 0.3) is 0 Å². The molecule has 0 fully saturated rings. The lowest BCUT2D eigenvalue weighted by molar-refractivity contribution is -0.156. The molecule has 29 heavy (non-hydrogen) atoms. The van der Waals surface area contributed by atoms with Crippen LogP contribution in [0.15, 0.2) is 10.2 Å². The van der Waals surface area contributed by atoms with Gasteiger partial charge in [-0.05, 0) is 67.2 Å². The van der Waals surface area contributed by atoms with E-state index in [9.17, 15) is 4.79 Å². The van der Waals surface area contributed by atoms with Gasteiger partial charge in [0.2, 0.25) is 0 Å². The third kappa shape index (κ3) is 9.13. The van der Waals surface area contributed by atoms with E-state index >= 15 is 0 Å². The first kappa shape index (κ1) is 29.3. The van der Waals surface area contributed by atoms with Gasteiger partial charge in [-0.1, -0.05) is 64.1 Å². The largest absolute Gasteiger partial charge is 0.462 e. The quantitative estimate of drug-likeness (QED) is 0.179. The highest BCUT2D eigenvalue weighted by Crippen LogP contribution is 2.40. The van der Waals surface area contributed by atoms with Gasteiger partial charge >= 0.3 is 5.97 Å². The Kier molecular flexibility index (Phi) is 10.4. The van der Waals surface area contributed by atoms with Crippen molar-refractivity contribution in [3.63, 3.8) is 0 Å². The Morgan fingerprint density at radius 3 is 1.62 bits per heavy atom. The summed E-state index contributed by atoms with van der Waals surface area (Å²) >= 11 is 2.22. The second-order valence-corrected chi connectivity index (χ2v) is 22.2. The van der Waals surface area contributed by atoms with Gasteiger partial charge in [0.15, 0.2) is 16.6 Å². The first-order valence-electron chi connectivity index (χ1n) is 10.5. The van der Waals surface area contributed by atoms with Gasteiger partial charge in [-0.25, -0.2) is 0 Å². The van der Waals surface area contributed by atoms with Crippen molar-refractivity contribution in [3.8, 4) is 0 Å². The number of halogens is 1. The van der Waals surface area contributed by atoms with E-state index in [0.717, 1.165) is 0 Å². The summed E-state index contributed by atoms with van der Waals surface area (Å²) in [4.78, 5) is 12.4. The van der Waals surface area contributed by atoms with Crippen molar-refractivity contribution in [2.45, 2.75) is 111 Å². The lowest BCUT2D eigenvalue weighted by Gasteiger charge is -2.44. The average Bonchev–Trinajstić information content (AvgIpc) is 2.47. The molecule has 0 amide bonds. The lowest BCUT2D eigenvalue weighted by atomic mass is 9.97. The van der Waals surface area contributed by atoms with Crippen LogP contribution in [0.5, 0.6) is 0 Å². The Hall–Kier alpha value is 0.294. The molecular formula is C22H45IO4Si2. The first-order chi connectivity index (χ1) is 12.7. The van der Waals surface area contributed by atoms with E-state index in [-0.39, 0.29) is 34.9 Å². The third-order valence-corrected chi connectivity index (χ3v) is 15.5. The van der Waals surface area contributed by atoms with Crippen LogP contribution >= 0.6 is 22.6 Å². The number of rotatable bonds is 8. The minimum atomic E-state index is -2.09. The summed E-state index contributed by atoms with van der Waals surface area (Å²) in [6.07, 6.45) is 1.46. The van der Waals surface area contributed by atoms with E-state index in [4.69, 9.17) is 13.6 Å². The van der Waals surface area contributed by atoms with E-state index in [0.29, 0.717) is 0 Å². The molecule has 7 heteroatoms. The molecule has 0 heterocycles. The van der Waals surface area contributed by atoms with Crippen LogP contribution in [-0.4, -0.2) is 41.4 Å². The van der Waals surface area contributed by atoms with Crippen molar-refractivity contribution < 1.29 is 18.4 Å². The maximum Gasteiger partial charge on any atom is 0.311 e. The Labute approximate surface area is 195 Å². The van der Waals surface area contributed by atoms with Crippen molar-refractivity contribution in [2.24, 2.45) is 5.41 Å². The summed E-state index contributed by atoms with van der Waals surface area (Å²) < 4.78 is 21.2. The van der Waals surface area contributed by atoms with Gasteiger partial charge in [-0.15, -0.1) is 0 Å². The second-order valence-electron chi connectivity index (χ2n) is 11.9. The van der Waals surface area contributed by atoms with Crippen molar-refractivity contribution in [2.75, 3.05) is 6.61 Å². The van der Waals surface area contributed by atoms with Crippen molar-refractivity contribution in [1.82, 2.24) is 0 Å². The number of carbonyl (C=O) groups is 1. The summed E-state index contributed by atoms with van der Waals surface area (Å²) in [5.74, 6) is -0.217. The SMILES string of the molecule is CC(C)(C)C(=O)OCC(O[Si](C)(C)C(C)(C)C)C(/C=C/I)O[Si](C)(C)C(C)(C)C. The maximum absolute atomic E-state index is 12.4. The fraction of sp³-hybridized carbons (Fsp3) is 0.864. The van der Waals surface area contributed by atoms with Crippen LogP contribution in [0, 0.1) is 5.41 Å². The fourth-order valence-electron chi connectivity index (χ4n) is 1.95. The predicted octanol–water partition coefficient (Wildman–Crippen LogP) is 7.31. The maximum atomic E-state index is 12.4. The van der Waals surface area contributed by atoms with E-state index < -0.39 is 22.0 Å². The summed E-state index contributed by atoms with van der Waals surface area (Å²) in [7, 11) is -4.13. The zero-order valence-electron chi connectivity index (χ0n) is 21.0. The number of ether oxygens (including phenoxy) is 1. The van der Waals surface area contributed by atoms with E-state index in [1.165, 1.54) is 0 Å². The molecule has 0 aromatic carbocycles. The minimum Gasteiger partial charge on any atom is -0.462 e. The smallest absolute Gasteiger partial charge is 0.311 e. The summed E-state index contributed by atoms with van der Waals surface area (Å²) in [5.41, 5.74) is -0.545. The minimum absolute atomic E-state index is 0.0504. The number of hydrogen-bond acceptors (Lipinski definition) is 4. The summed E-state index contributed by atoms with van der Waals surface area (Å²) in [5, 5.41) is 0.128. The second kappa shape index (κ2) is 10.3. The Balaban J connectivity index is 5.90. The lowest BCUT2D eigenvalue weighted by Crippen LogP contribution is -2.53. The number of carbonyl (C=O) groups excluding carboxylic acids is 1. The molecule has 0 bridgehead atoms. The molecule has 0 aliphatic carbocycles. The average molecular weight is 557 g/mol. The van der Waals surface area contributed by atoms with Crippen LogP contribution in [-0.2, 0) is 18.4 Å². The fourth-order valence-corrected chi connectivity index (χ4v) is 4.94. The Bertz CT molecular complexity index is 567. The van der Waals surface area contributed by atoms with Crippen LogP contribution < -0.4 is 0 Å². The zero-order valence-corrected chi connectivity index (χ0v) is 25.2. The first-order valence-corrected chi connectivity index (χ1v) is 17.5. The molecule has 0 spiro atoms. The molecular weight excluding hydrogens is 511 g/mol. The van der Waals surface area contributed by atoms with Crippen LogP contribution in [0.4, 0.5) is 0 Å². The normalized spacial score (nSPS) is 16.8. The van der Waals surface area contributed by atoms with Gasteiger partial charge in [-0.2, -0.15) is 0 Å². The molecule has 2 unspecified atom stereocenters. The van der Waals surface area contributed by atoms with E-state index in [1.807, 2.05) is 30.9 Å². The Morgan fingerprint density at radius 2 is 1.28 bits per heavy atom. The molecule has 0 saturated carbocycles. The molecule has 0 aromatic heterocycles. The highest BCUT2D eigenvalue weighted by atomic mass is 127. The van der Waals surface area contributed by atoms with E-state index in [2.05, 4.69) is 90.3 Å². The molecule has 0 saturated heterocycles. The summed E-state index contributed by atoms with van der Waals surface area (Å²) in [6, 6.07) is 0. The monoisotopic (exact) mass is 556 g/mol. The predicted molar refractivity (Wildman–Crippen MR) is 138 cm³/mol. The molecule has 0 aliphatic heterocycles. The molecule has 2 atom stereocenters. The van der Waals surface area contributed by atoms with Crippen molar-refractivity contribution in [3.05, 3.63) is 10.2 Å². The molecule has 0 rings (SSSR count). The zero-order chi connectivity index (χ0) is 23.5. The Morgan fingerprint density at radius 1 is 0.862 bits per heavy atom.